The van der Waals surface area contributed by atoms with Crippen molar-refractivity contribution in [2.75, 3.05) is 23.4 Å². The molecule has 0 amide bonds. The molecule has 0 radical (unpaired) electrons. The van der Waals surface area contributed by atoms with Crippen molar-refractivity contribution in [3.8, 4) is 0 Å². The summed E-state index contributed by atoms with van der Waals surface area (Å²) >= 11 is 1.63. The van der Waals surface area contributed by atoms with Gasteiger partial charge in [-0.15, -0.1) is 0 Å². The molecular weight excluding hydrogens is 268 g/mol. The number of hydrogen-bond acceptors (Lipinski definition) is 5. The normalized spacial score (nSPS) is 18.7. The molecular formula is C12H14N2O2S2. The Morgan fingerprint density at radius 1 is 1.33 bits per heavy atom. The van der Waals surface area contributed by atoms with Gasteiger partial charge in [0.15, 0.2) is 15.0 Å². The van der Waals surface area contributed by atoms with Crippen molar-refractivity contribution in [2.45, 2.75) is 6.42 Å². The lowest BCUT2D eigenvalue weighted by atomic mass is 10.1. The number of rotatable bonds is 4. The van der Waals surface area contributed by atoms with Crippen LogP contribution in [0.25, 0.3) is 10.2 Å². The number of para-hydroxylation sites is 1. The van der Waals surface area contributed by atoms with Crippen LogP contribution in [0.3, 0.4) is 0 Å². The van der Waals surface area contributed by atoms with Crippen LogP contribution in [-0.4, -0.2) is 31.5 Å². The maximum atomic E-state index is 11.0. The fourth-order valence-electron chi connectivity index (χ4n) is 2.17. The minimum atomic E-state index is -2.69. The molecule has 0 aliphatic carbocycles. The molecule has 2 aromatic rings. The van der Waals surface area contributed by atoms with Crippen LogP contribution < -0.4 is 5.32 Å². The quantitative estimate of drug-likeness (QED) is 0.933. The predicted octanol–water partition coefficient (Wildman–Crippen LogP) is 2.14. The number of sulfone groups is 1. The van der Waals surface area contributed by atoms with E-state index in [4.69, 9.17) is 0 Å². The summed E-state index contributed by atoms with van der Waals surface area (Å²) in [4.78, 5) is 4.47. The molecule has 1 aliphatic rings. The van der Waals surface area contributed by atoms with Crippen molar-refractivity contribution in [1.82, 2.24) is 4.98 Å². The molecule has 6 heteroatoms. The summed E-state index contributed by atoms with van der Waals surface area (Å²) in [5, 5.41) is 4.19. The molecule has 1 N–H and O–H groups in total. The van der Waals surface area contributed by atoms with Crippen LogP contribution >= 0.6 is 11.3 Å². The van der Waals surface area contributed by atoms with E-state index in [0.717, 1.165) is 23.6 Å². The molecule has 0 saturated carbocycles. The number of nitrogens with one attached hydrogen (secondary N) is 1. The standard InChI is InChI=1S/C12H14N2O2S2/c15-18(16)7-9(8-18)5-6-13-12-14-10-3-1-2-4-11(10)17-12/h1-4,9H,5-8H2,(H,13,14). The predicted molar refractivity (Wildman–Crippen MR) is 74.9 cm³/mol. The molecule has 1 aromatic heterocycles. The summed E-state index contributed by atoms with van der Waals surface area (Å²) in [6.45, 7) is 0.792. The zero-order valence-corrected chi connectivity index (χ0v) is 11.4. The molecule has 0 spiro atoms. The van der Waals surface area contributed by atoms with Gasteiger partial charge in [0.05, 0.1) is 21.7 Å². The summed E-state index contributed by atoms with van der Waals surface area (Å²) in [7, 11) is -2.69. The summed E-state index contributed by atoms with van der Waals surface area (Å²) in [6, 6.07) is 8.03. The zero-order chi connectivity index (χ0) is 12.6. The van der Waals surface area contributed by atoms with E-state index in [1.165, 1.54) is 4.70 Å². The fraction of sp³-hybridized carbons (Fsp3) is 0.417. The van der Waals surface area contributed by atoms with Crippen molar-refractivity contribution < 1.29 is 8.42 Å². The average molecular weight is 282 g/mol. The van der Waals surface area contributed by atoms with Crippen LogP contribution in [0, 0.1) is 5.92 Å². The zero-order valence-electron chi connectivity index (χ0n) is 9.80. The first-order valence-corrected chi connectivity index (χ1v) is 8.56. The lowest BCUT2D eigenvalue weighted by Crippen LogP contribution is -2.37. The second-order valence-corrected chi connectivity index (χ2v) is 7.83. The van der Waals surface area contributed by atoms with Gasteiger partial charge >= 0.3 is 0 Å². The van der Waals surface area contributed by atoms with Crippen molar-refractivity contribution in [3.05, 3.63) is 24.3 Å². The first-order valence-electron chi connectivity index (χ1n) is 5.92. The van der Waals surface area contributed by atoms with Gasteiger partial charge in [-0.25, -0.2) is 13.4 Å². The topological polar surface area (TPSA) is 59.1 Å². The number of fused-ring (bicyclic) bond motifs is 1. The molecule has 1 aliphatic heterocycles. The SMILES string of the molecule is O=S1(=O)CC(CCNc2nc3ccccc3s2)C1. The maximum Gasteiger partial charge on any atom is 0.183 e. The van der Waals surface area contributed by atoms with Gasteiger partial charge in [-0.05, 0) is 24.5 Å². The van der Waals surface area contributed by atoms with Gasteiger partial charge in [-0.2, -0.15) is 0 Å². The Hall–Kier alpha value is -1.14. The molecule has 1 saturated heterocycles. The number of aromatic nitrogens is 1. The van der Waals surface area contributed by atoms with E-state index in [9.17, 15) is 8.42 Å². The van der Waals surface area contributed by atoms with Crippen LogP contribution in [0.1, 0.15) is 6.42 Å². The Morgan fingerprint density at radius 3 is 2.83 bits per heavy atom. The molecule has 2 heterocycles. The minimum absolute atomic E-state index is 0.330. The van der Waals surface area contributed by atoms with Gasteiger partial charge in [0, 0.05) is 6.54 Å². The first kappa shape index (κ1) is 11.9. The summed E-state index contributed by atoms with van der Waals surface area (Å²) in [6.07, 6.45) is 0.898. The number of benzene rings is 1. The van der Waals surface area contributed by atoms with Crippen LogP contribution in [0.5, 0.6) is 0 Å². The van der Waals surface area contributed by atoms with E-state index in [1.807, 2.05) is 18.2 Å². The van der Waals surface area contributed by atoms with Gasteiger partial charge in [-0.3, -0.25) is 0 Å². The van der Waals surface area contributed by atoms with Crippen LogP contribution in [0.15, 0.2) is 24.3 Å². The van der Waals surface area contributed by atoms with Gasteiger partial charge in [-0.1, -0.05) is 23.5 Å². The number of anilines is 1. The summed E-state index contributed by atoms with van der Waals surface area (Å²) in [5.74, 6) is 1.04. The smallest absolute Gasteiger partial charge is 0.183 e. The van der Waals surface area contributed by atoms with Gasteiger partial charge in [0.2, 0.25) is 0 Å². The highest BCUT2D eigenvalue weighted by Gasteiger charge is 2.32. The van der Waals surface area contributed by atoms with E-state index >= 15 is 0 Å². The Labute approximate surface area is 110 Å². The highest BCUT2D eigenvalue weighted by Crippen LogP contribution is 2.26. The van der Waals surface area contributed by atoms with Crippen LogP contribution in [-0.2, 0) is 9.84 Å². The van der Waals surface area contributed by atoms with Crippen LogP contribution in [0.4, 0.5) is 5.13 Å². The molecule has 0 atom stereocenters. The molecule has 18 heavy (non-hydrogen) atoms. The molecule has 4 nitrogen and oxygen atoms in total. The second-order valence-electron chi connectivity index (χ2n) is 4.65. The monoisotopic (exact) mass is 282 g/mol. The highest BCUT2D eigenvalue weighted by molar-refractivity contribution is 7.92. The van der Waals surface area contributed by atoms with E-state index < -0.39 is 9.84 Å². The van der Waals surface area contributed by atoms with Gasteiger partial charge in [0.25, 0.3) is 0 Å². The largest absolute Gasteiger partial charge is 0.361 e. The Bertz CT molecular complexity index is 619. The van der Waals surface area contributed by atoms with E-state index in [-0.39, 0.29) is 0 Å². The third-order valence-corrected chi connectivity index (χ3v) is 6.05. The lowest BCUT2D eigenvalue weighted by Gasteiger charge is -2.25. The minimum Gasteiger partial charge on any atom is -0.361 e. The number of hydrogen-bond donors (Lipinski definition) is 1. The molecule has 1 fully saturated rings. The maximum absolute atomic E-state index is 11.0. The van der Waals surface area contributed by atoms with E-state index in [2.05, 4.69) is 16.4 Å². The molecule has 3 rings (SSSR count). The second kappa shape index (κ2) is 4.51. The lowest BCUT2D eigenvalue weighted by molar-refractivity contribution is 0.506. The van der Waals surface area contributed by atoms with Crippen molar-refractivity contribution in [3.63, 3.8) is 0 Å². The van der Waals surface area contributed by atoms with Crippen molar-refractivity contribution >= 4 is 36.5 Å². The first-order chi connectivity index (χ1) is 8.62. The Morgan fingerprint density at radius 2 is 2.11 bits per heavy atom. The van der Waals surface area contributed by atoms with E-state index in [1.54, 1.807) is 11.3 Å². The Kier molecular flexibility index (Phi) is 2.99. The number of nitrogens with zero attached hydrogens (tertiary/aromatic N) is 1. The van der Waals surface area contributed by atoms with Crippen molar-refractivity contribution in [2.24, 2.45) is 5.92 Å². The molecule has 96 valence electrons. The molecule has 0 unspecified atom stereocenters. The third-order valence-electron chi connectivity index (χ3n) is 3.10. The third kappa shape index (κ3) is 2.49. The van der Waals surface area contributed by atoms with Crippen molar-refractivity contribution in [1.29, 1.82) is 0 Å². The molecule has 1 aromatic carbocycles. The Balaban J connectivity index is 1.54. The fourth-order valence-corrected chi connectivity index (χ4v) is 4.73. The highest BCUT2D eigenvalue weighted by atomic mass is 32.2. The molecule has 0 bridgehead atoms. The summed E-state index contributed by atoms with van der Waals surface area (Å²) < 4.78 is 23.2. The van der Waals surface area contributed by atoms with Gasteiger partial charge < -0.3 is 5.32 Å². The van der Waals surface area contributed by atoms with Crippen LogP contribution in [0.2, 0.25) is 0 Å². The average Bonchev–Trinajstić information content (AvgIpc) is 2.69. The number of thiazole rings is 1. The van der Waals surface area contributed by atoms with Gasteiger partial charge in [0.1, 0.15) is 0 Å². The summed E-state index contributed by atoms with van der Waals surface area (Å²) in [5.41, 5.74) is 1.01. The van der Waals surface area contributed by atoms with E-state index in [0.29, 0.717) is 17.4 Å².